The summed E-state index contributed by atoms with van der Waals surface area (Å²) in [6, 6.07) is 0. The van der Waals surface area contributed by atoms with E-state index >= 15 is 0 Å². The zero-order valence-corrected chi connectivity index (χ0v) is 20.3. The highest BCUT2D eigenvalue weighted by Crippen LogP contribution is 2.62. The van der Waals surface area contributed by atoms with Crippen LogP contribution in [0, 0.1) is 34.5 Å². The third-order valence-electron chi connectivity index (χ3n) is 8.38. The van der Waals surface area contributed by atoms with Crippen LogP contribution in [0.3, 0.4) is 0 Å². The maximum absolute atomic E-state index is 12.5. The quantitative estimate of drug-likeness (QED) is 0.164. The predicted molar refractivity (Wildman–Crippen MR) is 133 cm³/mol. The fraction of sp³-hybridized carbons (Fsp3) is 0.615. The van der Waals surface area contributed by atoms with Crippen LogP contribution in [0.4, 0.5) is 0 Å². The van der Waals surface area contributed by atoms with Gasteiger partial charge in [0, 0.05) is 17.5 Å². The number of oxime groups is 1. The van der Waals surface area contributed by atoms with Crippen LogP contribution in [-0.2, 0) is 4.79 Å². The average Bonchev–Trinajstić information content (AvgIpc) is 3.07. The normalized spacial score (nSPS) is 37.2. The van der Waals surface area contributed by atoms with Crippen LogP contribution in [0.5, 0.6) is 0 Å². The highest BCUT2D eigenvalue weighted by Gasteiger charge is 2.58. The third-order valence-corrected chi connectivity index (χ3v) is 8.69. The average molecular weight is 471 g/mol. The molecule has 4 unspecified atom stereocenters. The van der Waals surface area contributed by atoms with Gasteiger partial charge in [0.25, 0.3) is 0 Å². The van der Waals surface area contributed by atoms with E-state index in [0.29, 0.717) is 35.8 Å². The molecule has 0 radical (unpaired) electrons. The van der Waals surface area contributed by atoms with E-state index in [1.807, 2.05) is 0 Å². The van der Waals surface area contributed by atoms with Gasteiger partial charge in [0.2, 0.25) is 5.91 Å². The molecule has 3 saturated carbocycles. The van der Waals surface area contributed by atoms with Gasteiger partial charge >= 0.3 is 0 Å². The number of halogens is 1. The minimum atomic E-state index is -0.236. The van der Waals surface area contributed by atoms with E-state index in [1.165, 1.54) is 23.3 Å². The second kappa shape index (κ2) is 9.57. The van der Waals surface area contributed by atoms with Gasteiger partial charge in [0.05, 0.1) is 11.1 Å². The molecule has 3 fully saturated rings. The van der Waals surface area contributed by atoms with E-state index in [4.69, 9.17) is 22.7 Å². The number of aliphatic imine (C=N–C) groups is 1. The number of hydrogen-bond acceptors (Lipinski definition) is 4. The summed E-state index contributed by atoms with van der Waals surface area (Å²) in [5, 5.41) is 21.1. The molecule has 0 aliphatic heterocycles. The number of carbonyl (C=O) groups is 1. The van der Waals surface area contributed by atoms with E-state index in [2.05, 4.69) is 29.2 Å². The Morgan fingerprint density at radius 2 is 2.18 bits per heavy atom. The topological polar surface area (TPSA) is 112 Å². The molecule has 178 valence electrons. The summed E-state index contributed by atoms with van der Waals surface area (Å²) in [7, 11) is 0. The summed E-state index contributed by atoms with van der Waals surface area (Å²) >= 11 is 6.40. The number of amidine groups is 1. The number of alkyl halides is 1. The third kappa shape index (κ3) is 4.72. The zero-order chi connectivity index (χ0) is 23.8. The number of carbonyl (C=O) groups excluding carboxylic acids is 1. The lowest BCUT2D eigenvalue weighted by molar-refractivity contribution is -0.118. The fourth-order valence-electron chi connectivity index (χ4n) is 7.03. The van der Waals surface area contributed by atoms with E-state index in [1.54, 1.807) is 6.92 Å². The highest BCUT2D eigenvalue weighted by atomic mass is 35.5. The molecule has 0 heterocycles. The van der Waals surface area contributed by atoms with Gasteiger partial charge in [-0.1, -0.05) is 24.2 Å². The summed E-state index contributed by atoms with van der Waals surface area (Å²) in [6.07, 6.45) is 14.6. The van der Waals surface area contributed by atoms with E-state index in [9.17, 15) is 10.0 Å². The number of rotatable bonds is 5. The number of nitrogens with one attached hydrogen (secondary N) is 1. The Bertz CT molecular complexity index is 979. The number of fused-ring (bicyclic) bond motifs is 5. The molecule has 0 bridgehead atoms. The van der Waals surface area contributed by atoms with Gasteiger partial charge in [0.15, 0.2) is 0 Å². The number of nitrogens with two attached hydrogens (primary N) is 1. The molecule has 0 aromatic heterocycles. The smallest absolute Gasteiger partial charge is 0.247 e. The van der Waals surface area contributed by atoms with Crippen molar-refractivity contribution in [3.8, 4) is 0 Å². The Hall–Kier alpha value is -2.21. The van der Waals surface area contributed by atoms with Crippen molar-refractivity contribution in [1.29, 1.82) is 5.41 Å². The lowest BCUT2D eigenvalue weighted by atomic mass is 9.53. The van der Waals surface area contributed by atoms with Crippen LogP contribution < -0.4 is 5.73 Å². The number of amides is 1. The Morgan fingerprint density at radius 1 is 1.39 bits per heavy atom. The Kier molecular flexibility index (Phi) is 6.94. The lowest BCUT2D eigenvalue weighted by Crippen LogP contribution is -2.45. The maximum Gasteiger partial charge on any atom is 0.247 e. The zero-order valence-electron chi connectivity index (χ0n) is 19.6. The maximum atomic E-state index is 12.5. The summed E-state index contributed by atoms with van der Waals surface area (Å²) in [5.41, 5.74) is 9.89. The second-order valence-electron chi connectivity index (χ2n) is 10.4. The molecule has 4 aliphatic rings. The van der Waals surface area contributed by atoms with Crippen molar-refractivity contribution >= 4 is 34.8 Å². The van der Waals surface area contributed by atoms with Gasteiger partial charge in [-0.25, -0.2) is 0 Å². The molecule has 7 heteroatoms. The van der Waals surface area contributed by atoms with Gasteiger partial charge in [0.1, 0.15) is 5.84 Å². The van der Waals surface area contributed by atoms with E-state index in [0.717, 1.165) is 50.7 Å². The first kappa shape index (κ1) is 23.9. The number of allylic oxidation sites excluding steroid dienone is 5. The summed E-state index contributed by atoms with van der Waals surface area (Å²) in [5.74, 6) is 1.65. The van der Waals surface area contributed by atoms with Crippen molar-refractivity contribution in [2.75, 3.05) is 0 Å². The molecular formula is C26H35ClN4O2. The molecule has 33 heavy (non-hydrogen) atoms. The first-order valence-electron chi connectivity index (χ1n) is 12.1. The molecule has 6 nitrogen and oxygen atoms in total. The molecule has 0 spiro atoms. The minimum absolute atomic E-state index is 0.110. The van der Waals surface area contributed by atoms with Crippen LogP contribution >= 0.6 is 11.6 Å². The fourth-order valence-corrected chi connectivity index (χ4v) is 7.27. The van der Waals surface area contributed by atoms with E-state index < -0.39 is 0 Å². The van der Waals surface area contributed by atoms with Crippen molar-refractivity contribution in [2.24, 2.45) is 45.0 Å². The molecule has 1 amide bonds. The van der Waals surface area contributed by atoms with Crippen LogP contribution in [0.15, 0.2) is 45.6 Å². The highest BCUT2D eigenvalue weighted by molar-refractivity contribution is 6.22. The summed E-state index contributed by atoms with van der Waals surface area (Å²) in [6.45, 7) is 3.91. The van der Waals surface area contributed by atoms with Crippen LogP contribution in [0.25, 0.3) is 0 Å². The number of nitrogens with zero attached hydrogens (tertiary/aromatic N) is 2. The van der Waals surface area contributed by atoms with Crippen molar-refractivity contribution in [3.63, 3.8) is 0 Å². The van der Waals surface area contributed by atoms with Gasteiger partial charge in [-0.15, -0.1) is 11.6 Å². The first-order valence-corrected chi connectivity index (χ1v) is 12.5. The summed E-state index contributed by atoms with van der Waals surface area (Å²) in [4.78, 5) is 16.5. The number of hydrogen-bond donors (Lipinski definition) is 3. The van der Waals surface area contributed by atoms with Crippen LogP contribution in [-0.4, -0.2) is 33.8 Å². The Morgan fingerprint density at radius 3 is 2.91 bits per heavy atom. The van der Waals surface area contributed by atoms with Crippen molar-refractivity contribution in [3.05, 3.63) is 35.5 Å². The van der Waals surface area contributed by atoms with Gasteiger partial charge < -0.3 is 16.4 Å². The Balaban J connectivity index is 1.51. The largest absolute Gasteiger partial charge is 0.411 e. The minimum Gasteiger partial charge on any atom is -0.411 e. The van der Waals surface area contributed by atoms with Gasteiger partial charge in [-0.05, 0) is 98.8 Å². The molecule has 4 rings (SSSR count). The van der Waals surface area contributed by atoms with Crippen molar-refractivity contribution in [1.82, 2.24) is 0 Å². The van der Waals surface area contributed by atoms with Crippen LogP contribution in [0.1, 0.15) is 65.2 Å². The molecule has 0 aromatic carbocycles. The van der Waals surface area contributed by atoms with Gasteiger partial charge in [-0.3, -0.25) is 4.79 Å². The van der Waals surface area contributed by atoms with Gasteiger partial charge in [-0.2, -0.15) is 4.99 Å². The molecule has 4 aliphatic carbocycles. The first-order chi connectivity index (χ1) is 15.7. The lowest BCUT2D eigenvalue weighted by Gasteiger charge is -2.51. The standard InChI is InChI=1S/C26H35ClN4O2/c1-15(28)3-9-23(29)30-24(32)10-5-17-14-22(31-33)26(2)12-11-20-19-8-6-18(27)13-16(19)4-7-21(20)25(17)26/h3,8-9,13,17-18,20-21,25,28,33H,4-7,10-12,14H2,1-2H3,(H2,29,30,32)/b9-3-,28-15?,31-22+/t17-,18?,20?,21?,25?,26-/m1/s1. The monoisotopic (exact) mass is 470 g/mol. The SMILES string of the molecule is CC(=N)/C=C\C(N)=NC(=O)CC[C@@H]1C/C(=N\O)[C@@]2(C)CCC3C4=CCC(Cl)C=C4CCC3C12. The second-order valence-corrected chi connectivity index (χ2v) is 11.0. The molecule has 6 atom stereocenters. The molecule has 0 saturated heterocycles. The van der Waals surface area contributed by atoms with Crippen molar-refractivity contribution in [2.45, 2.75) is 70.6 Å². The van der Waals surface area contributed by atoms with Crippen LogP contribution in [0.2, 0.25) is 0 Å². The van der Waals surface area contributed by atoms with Crippen molar-refractivity contribution < 1.29 is 10.0 Å². The summed E-state index contributed by atoms with van der Waals surface area (Å²) < 4.78 is 0. The predicted octanol–water partition coefficient (Wildman–Crippen LogP) is 5.40. The molecule has 0 aromatic rings. The molecular weight excluding hydrogens is 436 g/mol. The molecule has 4 N–H and O–H groups in total. The Labute approximate surface area is 201 Å². The van der Waals surface area contributed by atoms with E-state index in [-0.39, 0.29) is 22.5 Å².